The van der Waals surface area contributed by atoms with E-state index in [9.17, 15) is 0 Å². The van der Waals surface area contributed by atoms with Gasteiger partial charge in [-0.3, -0.25) is 4.98 Å². The number of rotatable bonds is 4. The first-order valence-electron chi connectivity index (χ1n) is 6.18. The van der Waals surface area contributed by atoms with Gasteiger partial charge < -0.3 is 10.6 Å². The lowest BCUT2D eigenvalue weighted by Crippen LogP contribution is -2.47. The van der Waals surface area contributed by atoms with Crippen LogP contribution in [0.4, 0.5) is 0 Å². The first-order chi connectivity index (χ1) is 8.42. The number of hydrogen-bond donors (Lipinski definition) is 2. The van der Waals surface area contributed by atoms with Crippen molar-refractivity contribution in [3.8, 4) is 0 Å². The summed E-state index contributed by atoms with van der Waals surface area (Å²) in [6.45, 7) is 4.25. The van der Waals surface area contributed by atoms with Crippen molar-refractivity contribution in [1.29, 1.82) is 0 Å². The minimum atomic E-state index is 0.801. The van der Waals surface area contributed by atoms with Gasteiger partial charge in [-0.15, -0.1) is 0 Å². The SMILES string of the molecule is c1ccc2nc(CNCC3CNC3)ccc2c1. The van der Waals surface area contributed by atoms with Gasteiger partial charge in [0.2, 0.25) is 0 Å². The number of aromatic nitrogens is 1. The Morgan fingerprint density at radius 1 is 1.18 bits per heavy atom. The highest BCUT2D eigenvalue weighted by Gasteiger charge is 2.15. The Labute approximate surface area is 101 Å². The summed E-state index contributed by atoms with van der Waals surface area (Å²) in [7, 11) is 0. The van der Waals surface area contributed by atoms with Crippen LogP contribution in [0.5, 0.6) is 0 Å². The zero-order valence-electron chi connectivity index (χ0n) is 9.82. The third-order valence-electron chi connectivity index (χ3n) is 3.26. The highest BCUT2D eigenvalue weighted by Crippen LogP contribution is 2.11. The lowest BCUT2D eigenvalue weighted by Gasteiger charge is -2.27. The van der Waals surface area contributed by atoms with E-state index in [1.807, 2.05) is 12.1 Å². The Morgan fingerprint density at radius 2 is 2.06 bits per heavy atom. The summed E-state index contributed by atoms with van der Waals surface area (Å²) >= 11 is 0. The second-order valence-electron chi connectivity index (χ2n) is 4.65. The molecule has 17 heavy (non-hydrogen) atoms. The van der Waals surface area contributed by atoms with Gasteiger partial charge >= 0.3 is 0 Å². The molecule has 3 nitrogen and oxygen atoms in total. The molecule has 1 aliphatic rings. The van der Waals surface area contributed by atoms with Gasteiger partial charge in [0.25, 0.3) is 0 Å². The summed E-state index contributed by atoms with van der Waals surface area (Å²) in [5.74, 6) is 0.801. The Kier molecular flexibility index (Phi) is 3.03. The molecule has 0 amide bonds. The summed E-state index contributed by atoms with van der Waals surface area (Å²) < 4.78 is 0. The number of fused-ring (bicyclic) bond motifs is 1. The average molecular weight is 227 g/mol. The molecule has 1 aromatic carbocycles. The molecule has 3 heteroatoms. The van der Waals surface area contributed by atoms with Gasteiger partial charge in [-0.1, -0.05) is 24.3 Å². The zero-order valence-corrected chi connectivity index (χ0v) is 9.82. The van der Waals surface area contributed by atoms with E-state index in [2.05, 4.69) is 39.9 Å². The highest BCUT2D eigenvalue weighted by molar-refractivity contribution is 5.78. The Hall–Kier alpha value is -1.45. The fraction of sp³-hybridized carbons (Fsp3) is 0.357. The molecule has 3 rings (SSSR count). The van der Waals surface area contributed by atoms with Crippen LogP contribution < -0.4 is 10.6 Å². The second kappa shape index (κ2) is 4.82. The number of para-hydroxylation sites is 1. The molecular formula is C14H17N3. The zero-order chi connectivity index (χ0) is 11.5. The second-order valence-corrected chi connectivity index (χ2v) is 4.65. The van der Waals surface area contributed by atoms with Crippen LogP contribution in [-0.2, 0) is 6.54 Å². The van der Waals surface area contributed by atoms with Crippen LogP contribution in [-0.4, -0.2) is 24.6 Å². The van der Waals surface area contributed by atoms with Gasteiger partial charge in [0.1, 0.15) is 0 Å². The molecule has 0 spiro atoms. The fourth-order valence-corrected chi connectivity index (χ4v) is 2.10. The van der Waals surface area contributed by atoms with E-state index in [1.54, 1.807) is 0 Å². The topological polar surface area (TPSA) is 37.0 Å². The van der Waals surface area contributed by atoms with E-state index in [0.717, 1.165) is 43.3 Å². The molecule has 0 aliphatic carbocycles. The molecule has 0 radical (unpaired) electrons. The monoisotopic (exact) mass is 227 g/mol. The maximum Gasteiger partial charge on any atom is 0.0705 e. The Morgan fingerprint density at radius 3 is 2.88 bits per heavy atom. The van der Waals surface area contributed by atoms with Crippen LogP contribution in [0.25, 0.3) is 10.9 Å². The molecule has 2 heterocycles. The largest absolute Gasteiger partial charge is 0.316 e. The van der Waals surface area contributed by atoms with Crippen molar-refractivity contribution >= 4 is 10.9 Å². The van der Waals surface area contributed by atoms with Gasteiger partial charge in [-0.2, -0.15) is 0 Å². The normalized spacial score (nSPS) is 16.0. The van der Waals surface area contributed by atoms with Crippen molar-refractivity contribution in [3.05, 3.63) is 42.1 Å². The molecule has 88 valence electrons. The van der Waals surface area contributed by atoms with Crippen LogP contribution in [0.1, 0.15) is 5.69 Å². The van der Waals surface area contributed by atoms with E-state index in [4.69, 9.17) is 0 Å². The average Bonchev–Trinajstić information content (AvgIpc) is 2.32. The van der Waals surface area contributed by atoms with Gasteiger partial charge in [0.05, 0.1) is 11.2 Å². The third-order valence-corrected chi connectivity index (χ3v) is 3.26. The van der Waals surface area contributed by atoms with E-state index < -0.39 is 0 Å². The van der Waals surface area contributed by atoms with Gasteiger partial charge in [-0.05, 0) is 18.1 Å². The van der Waals surface area contributed by atoms with Crippen molar-refractivity contribution in [2.75, 3.05) is 19.6 Å². The number of nitrogens with one attached hydrogen (secondary N) is 2. The molecule has 2 N–H and O–H groups in total. The predicted molar refractivity (Wildman–Crippen MR) is 69.8 cm³/mol. The van der Waals surface area contributed by atoms with Crippen LogP contribution in [0.2, 0.25) is 0 Å². The van der Waals surface area contributed by atoms with Crippen molar-refractivity contribution < 1.29 is 0 Å². The van der Waals surface area contributed by atoms with Crippen molar-refractivity contribution in [1.82, 2.24) is 15.6 Å². The lowest BCUT2D eigenvalue weighted by molar-refractivity contribution is 0.331. The van der Waals surface area contributed by atoms with E-state index in [1.165, 1.54) is 5.39 Å². The summed E-state index contributed by atoms with van der Waals surface area (Å²) in [5.41, 5.74) is 2.20. The molecular weight excluding hydrogens is 210 g/mol. The number of hydrogen-bond acceptors (Lipinski definition) is 3. The lowest BCUT2D eigenvalue weighted by atomic mass is 10.0. The van der Waals surface area contributed by atoms with Crippen LogP contribution in [0.15, 0.2) is 36.4 Å². The molecule has 1 fully saturated rings. The third kappa shape index (κ3) is 2.46. The molecule has 2 aromatic rings. The summed E-state index contributed by atoms with van der Waals surface area (Å²) in [6, 6.07) is 12.5. The smallest absolute Gasteiger partial charge is 0.0705 e. The molecule has 0 saturated carbocycles. The first kappa shape index (κ1) is 10.7. The van der Waals surface area contributed by atoms with Gasteiger partial charge in [0.15, 0.2) is 0 Å². The van der Waals surface area contributed by atoms with E-state index in [-0.39, 0.29) is 0 Å². The molecule has 1 aromatic heterocycles. The summed E-state index contributed by atoms with van der Waals surface area (Å²) in [5, 5.41) is 7.95. The molecule has 0 bridgehead atoms. The summed E-state index contributed by atoms with van der Waals surface area (Å²) in [6.07, 6.45) is 0. The van der Waals surface area contributed by atoms with E-state index >= 15 is 0 Å². The maximum absolute atomic E-state index is 4.64. The van der Waals surface area contributed by atoms with Crippen molar-refractivity contribution in [3.63, 3.8) is 0 Å². The molecule has 0 unspecified atom stereocenters. The number of benzene rings is 1. The molecule has 1 aliphatic heterocycles. The van der Waals surface area contributed by atoms with Crippen molar-refractivity contribution in [2.45, 2.75) is 6.54 Å². The molecule has 0 atom stereocenters. The maximum atomic E-state index is 4.64. The van der Waals surface area contributed by atoms with Crippen LogP contribution >= 0.6 is 0 Å². The molecule has 1 saturated heterocycles. The Balaban J connectivity index is 1.63. The number of nitrogens with zero attached hydrogens (tertiary/aromatic N) is 1. The minimum absolute atomic E-state index is 0.801. The fourth-order valence-electron chi connectivity index (χ4n) is 2.10. The Bertz CT molecular complexity index is 506. The first-order valence-corrected chi connectivity index (χ1v) is 6.18. The van der Waals surface area contributed by atoms with Crippen LogP contribution in [0.3, 0.4) is 0 Å². The standard InChI is InChI=1S/C14H17N3/c1-2-4-14-12(3-1)5-6-13(17-14)10-16-9-11-7-15-8-11/h1-6,11,15-16H,7-10H2. The summed E-state index contributed by atoms with van der Waals surface area (Å²) in [4.78, 5) is 4.64. The van der Waals surface area contributed by atoms with Crippen molar-refractivity contribution in [2.24, 2.45) is 5.92 Å². The van der Waals surface area contributed by atoms with Gasteiger partial charge in [0, 0.05) is 31.6 Å². The number of pyridine rings is 1. The minimum Gasteiger partial charge on any atom is -0.316 e. The van der Waals surface area contributed by atoms with Crippen LogP contribution in [0, 0.1) is 5.92 Å². The highest BCUT2D eigenvalue weighted by atomic mass is 15.0. The van der Waals surface area contributed by atoms with Gasteiger partial charge in [-0.25, -0.2) is 0 Å². The predicted octanol–water partition coefficient (Wildman–Crippen LogP) is 1.54. The van der Waals surface area contributed by atoms with E-state index in [0.29, 0.717) is 0 Å². The quantitative estimate of drug-likeness (QED) is 0.832.